The number of ether oxygens (including phenoxy) is 1. The topological polar surface area (TPSA) is 65.4 Å². The van der Waals surface area contributed by atoms with Gasteiger partial charge in [-0.15, -0.1) is 0 Å². The lowest BCUT2D eigenvalue weighted by Gasteiger charge is -2.17. The van der Waals surface area contributed by atoms with E-state index in [0.29, 0.717) is 16.8 Å². The van der Waals surface area contributed by atoms with Crippen LogP contribution in [0.4, 0.5) is 0 Å². The van der Waals surface area contributed by atoms with Gasteiger partial charge in [0.25, 0.3) is 0 Å². The molecule has 0 spiro atoms. The van der Waals surface area contributed by atoms with E-state index < -0.39 is 5.97 Å². The van der Waals surface area contributed by atoms with Gasteiger partial charge in [0.2, 0.25) is 5.78 Å². The summed E-state index contributed by atoms with van der Waals surface area (Å²) >= 11 is 0. The number of fused-ring (bicyclic) bond motifs is 1. The lowest BCUT2D eigenvalue weighted by atomic mass is 9.88. The number of aryl methyl sites for hydroxylation is 1. The predicted molar refractivity (Wildman–Crippen MR) is 88.9 cm³/mol. The van der Waals surface area contributed by atoms with Crippen molar-refractivity contribution in [3.63, 3.8) is 0 Å². The number of ketones is 2. The first-order valence-corrected chi connectivity index (χ1v) is 7.54. The Morgan fingerprint density at radius 2 is 1.54 bits per heavy atom. The van der Waals surface area contributed by atoms with Crippen LogP contribution < -0.4 is 0 Å². The minimum absolute atomic E-state index is 0.110. The summed E-state index contributed by atoms with van der Waals surface area (Å²) in [5.41, 5.74) is 2.98. The minimum atomic E-state index is -0.634. The highest BCUT2D eigenvalue weighted by molar-refractivity contribution is 6.28. The Labute approximate surface area is 139 Å². The van der Waals surface area contributed by atoms with Crippen molar-refractivity contribution in [2.24, 2.45) is 0 Å². The average molecular weight is 323 g/mol. The van der Waals surface area contributed by atoms with Crippen molar-refractivity contribution in [1.29, 1.82) is 0 Å². The van der Waals surface area contributed by atoms with E-state index in [2.05, 4.69) is 0 Å². The third-order valence-corrected chi connectivity index (χ3v) is 4.41. The molecule has 3 rings (SSSR count). The molecule has 0 N–H and O–H groups in total. The fraction of sp³-hybridized carbons (Fsp3) is 0.211. The molecule has 1 aliphatic rings. The number of hydrogen-bond donors (Lipinski definition) is 0. The van der Waals surface area contributed by atoms with Crippen LogP contribution in [0.3, 0.4) is 0 Å². The average Bonchev–Trinajstić information content (AvgIpc) is 2.98. The molecule has 122 valence electrons. The molecule has 0 fully saturated rings. The van der Waals surface area contributed by atoms with Crippen LogP contribution in [0.5, 0.6) is 0 Å². The van der Waals surface area contributed by atoms with E-state index in [9.17, 15) is 14.4 Å². The zero-order valence-corrected chi connectivity index (χ0v) is 14.0. The Bertz CT molecular complexity index is 914. The fourth-order valence-electron chi connectivity index (χ4n) is 2.84. The molecular weight excluding hydrogens is 306 g/mol. The maximum absolute atomic E-state index is 12.8. The molecule has 0 bridgehead atoms. The van der Waals surface area contributed by atoms with Crippen LogP contribution >= 0.6 is 0 Å². The van der Waals surface area contributed by atoms with Gasteiger partial charge in [-0.05, 0) is 32.9 Å². The summed E-state index contributed by atoms with van der Waals surface area (Å²) in [5, 5.41) is 0. The van der Waals surface area contributed by atoms with Gasteiger partial charge in [0, 0.05) is 23.0 Å². The second kappa shape index (κ2) is 5.60. The zero-order valence-electron chi connectivity index (χ0n) is 14.0. The van der Waals surface area contributed by atoms with E-state index in [1.54, 1.807) is 18.4 Å². The summed E-state index contributed by atoms with van der Waals surface area (Å²) < 4.78 is 6.38. The second-order valence-corrected chi connectivity index (χ2v) is 5.87. The Morgan fingerprint density at radius 3 is 2.12 bits per heavy atom. The van der Waals surface area contributed by atoms with Crippen molar-refractivity contribution in [2.75, 3.05) is 7.11 Å². The lowest BCUT2D eigenvalue weighted by molar-refractivity contribution is 0.0597. The first-order valence-electron chi connectivity index (χ1n) is 7.54. The predicted octanol–water partition coefficient (Wildman–Crippen LogP) is 3.29. The number of carbonyl (C=O) groups excluding carboxylic acids is 3. The van der Waals surface area contributed by atoms with Gasteiger partial charge in [0.1, 0.15) is 5.69 Å². The molecule has 0 unspecified atom stereocenters. The lowest BCUT2D eigenvalue weighted by Crippen LogP contribution is -2.22. The number of hydrogen-bond acceptors (Lipinski definition) is 4. The molecule has 0 saturated carbocycles. The molecule has 0 saturated heterocycles. The van der Waals surface area contributed by atoms with Crippen molar-refractivity contribution in [3.8, 4) is 5.69 Å². The minimum Gasteiger partial charge on any atom is -0.465 e. The molecule has 5 heteroatoms. The summed E-state index contributed by atoms with van der Waals surface area (Å²) in [7, 11) is 1.25. The van der Waals surface area contributed by atoms with Gasteiger partial charge >= 0.3 is 5.97 Å². The monoisotopic (exact) mass is 323 g/mol. The number of esters is 1. The highest BCUT2D eigenvalue weighted by Crippen LogP contribution is 2.32. The van der Waals surface area contributed by atoms with Gasteiger partial charge in [0.15, 0.2) is 5.78 Å². The molecular formula is C19H17NO4. The Hall–Kier alpha value is -2.95. The zero-order chi connectivity index (χ0) is 17.6. The Kier molecular flexibility index (Phi) is 3.72. The molecule has 0 radical (unpaired) electrons. The maximum Gasteiger partial charge on any atom is 0.340 e. The van der Waals surface area contributed by atoms with E-state index in [-0.39, 0.29) is 28.4 Å². The maximum atomic E-state index is 12.8. The van der Waals surface area contributed by atoms with Crippen molar-refractivity contribution >= 4 is 17.5 Å². The molecule has 5 nitrogen and oxygen atoms in total. The third-order valence-electron chi connectivity index (χ3n) is 4.41. The van der Waals surface area contributed by atoms with E-state index in [4.69, 9.17) is 4.74 Å². The molecule has 1 heterocycles. The Balaban J connectivity index is 2.33. The summed E-state index contributed by atoms with van der Waals surface area (Å²) in [6.45, 7) is 5.19. The highest BCUT2D eigenvalue weighted by Gasteiger charge is 2.36. The number of Topliss-reactive ketones (excluding diaryl/α,β-unsaturated/α-hetero) is 2. The first-order chi connectivity index (χ1) is 11.4. The fourth-order valence-corrected chi connectivity index (χ4v) is 2.84. The highest BCUT2D eigenvalue weighted by atomic mass is 16.5. The second-order valence-electron chi connectivity index (χ2n) is 5.87. The standard InChI is InChI=1S/C19H17NO4/c1-10-5-7-13(8-6-10)20-9-14(19(23)24-4)15-16(20)18(22)12(3)11(2)17(15)21/h5-9H,1-4H3. The van der Waals surface area contributed by atoms with Gasteiger partial charge in [-0.1, -0.05) is 17.7 Å². The largest absolute Gasteiger partial charge is 0.465 e. The SMILES string of the molecule is COC(=O)c1cn(-c2ccc(C)cc2)c2c1C(=O)C(C)=C(C)C2=O. The number of aromatic nitrogens is 1. The van der Waals surface area contributed by atoms with Gasteiger partial charge in [0.05, 0.1) is 18.2 Å². The molecule has 24 heavy (non-hydrogen) atoms. The summed E-state index contributed by atoms with van der Waals surface area (Å²) in [6.07, 6.45) is 1.50. The van der Waals surface area contributed by atoms with Crippen LogP contribution in [0.2, 0.25) is 0 Å². The van der Waals surface area contributed by atoms with E-state index >= 15 is 0 Å². The summed E-state index contributed by atoms with van der Waals surface area (Å²) in [6, 6.07) is 7.50. The summed E-state index contributed by atoms with van der Waals surface area (Å²) in [4.78, 5) is 37.6. The van der Waals surface area contributed by atoms with Gasteiger partial charge in [-0.2, -0.15) is 0 Å². The van der Waals surface area contributed by atoms with E-state index in [0.717, 1.165) is 5.56 Å². The Morgan fingerprint density at radius 1 is 0.958 bits per heavy atom. The summed E-state index contributed by atoms with van der Waals surface area (Å²) in [5.74, 6) is -1.20. The van der Waals surface area contributed by atoms with E-state index in [1.807, 2.05) is 31.2 Å². The molecule has 0 amide bonds. The van der Waals surface area contributed by atoms with E-state index in [1.165, 1.54) is 13.3 Å². The first kappa shape index (κ1) is 15.9. The number of allylic oxidation sites excluding steroid dienone is 2. The molecule has 0 atom stereocenters. The van der Waals surface area contributed by atoms with Crippen LogP contribution in [0, 0.1) is 6.92 Å². The van der Waals surface area contributed by atoms with Gasteiger partial charge in [-0.25, -0.2) is 4.79 Å². The normalized spacial score (nSPS) is 14.0. The van der Waals surface area contributed by atoms with Gasteiger partial charge in [-0.3, -0.25) is 9.59 Å². The number of nitrogens with zero attached hydrogens (tertiary/aromatic N) is 1. The number of benzene rings is 1. The van der Waals surface area contributed by atoms with Crippen LogP contribution in [-0.4, -0.2) is 29.2 Å². The molecule has 0 aliphatic heterocycles. The number of rotatable bonds is 2. The van der Waals surface area contributed by atoms with Crippen molar-refractivity contribution < 1.29 is 19.1 Å². The molecule has 2 aromatic rings. The van der Waals surface area contributed by atoms with Gasteiger partial charge < -0.3 is 9.30 Å². The smallest absolute Gasteiger partial charge is 0.340 e. The van der Waals surface area contributed by atoms with Crippen LogP contribution in [0.25, 0.3) is 5.69 Å². The number of carbonyl (C=O) groups is 3. The molecule has 1 aromatic carbocycles. The number of methoxy groups -OCH3 is 1. The van der Waals surface area contributed by atoms with Crippen molar-refractivity contribution in [1.82, 2.24) is 4.57 Å². The third kappa shape index (κ3) is 2.21. The van der Waals surface area contributed by atoms with Crippen LogP contribution in [0.15, 0.2) is 41.6 Å². The van der Waals surface area contributed by atoms with Crippen molar-refractivity contribution in [2.45, 2.75) is 20.8 Å². The van der Waals surface area contributed by atoms with Crippen LogP contribution in [-0.2, 0) is 4.74 Å². The van der Waals surface area contributed by atoms with Crippen LogP contribution in [0.1, 0.15) is 50.6 Å². The van der Waals surface area contributed by atoms with Crippen molar-refractivity contribution in [3.05, 3.63) is 64.0 Å². The quantitative estimate of drug-likeness (QED) is 0.796. The molecule has 1 aromatic heterocycles. The molecule has 1 aliphatic carbocycles.